The van der Waals surface area contributed by atoms with Gasteiger partial charge in [-0.25, -0.2) is 4.39 Å². The van der Waals surface area contributed by atoms with Crippen molar-refractivity contribution in [3.8, 4) is 0 Å². The van der Waals surface area contributed by atoms with Crippen molar-refractivity contribution in [3.63, 3.8) is 0 Å². The van der Waals surface area contributed by atoms with Crippen molar-refractivity contribution in [1.82, 2.24) is 0 Å². The Hall–Kier alpha value is -0.840. The molecule has 94 valence electrons. The first kappa shape index (κ1) is 13.6. The maximum Gasteiger partial charge on any atom is 0.123 e. The zero-order chi connectivity index (χ0) is 13.0. The van der Waals surface area contributed by atoms with E-state index >= 15 is 0 Å². The Morgan fingerprint density at radius 3 is 2.67 bits per heavy atom. The van der Waals surface area contributed by atoms with Crippen molar-refractivity contribution in [2.24, 2.45) is 5.73 Å². The molecule has 0 fully saturated rings. The summed E-state index contributed by atoms with van der Waals surface area (Å²) in [5, 5.41) is 0. The molecule has 0 aliphatic rings. The van der Waals surface area contributed by atoms with Gasteiger partial charge < -0.3 is 5.73 Å². The lowest BCUT2D eigenvalue weighted by Gasteiger charge is -2.08. The summed E-state index contributed by atoms with van der Waals surface area (Å²) in [5.74, 6) is 0.512. The molecule has 0 aliphatic carbocycles. The zero-order valence-electron chi connectivity index (χ0n) is 9.70. The Labute approximate surface area is 119 Å². The van der Waals surface area contributed by atoms with E-state index < -0.39 is 0 Å². The monoisotopic (exact) mass is 325 g/mol. The second-order valence-electron chi connectivity index (χ2n) is 3.86. The van der Waals surface area contributed by atoms with Gasteiger partial charge in [-0.3, -0.25) is 0 Å². The van der Waals surface area contributed by atoms with Crippen LogP contribution in [0.5, 0.6) is 0 Å². The van der Waals surface area contributed by atoms with E-state index in [9.17, 15) is 4.39 Å². The van der Waals surface area contributed by atoms with Gasteiger partial charge in [0.25, 0.3) is 0 Å². The molecule has 0 saturated heterocycles. The van der Waals surface area contributed by atoms with Crippen LogP contribution in [0.25, 0.3) is 0 Å². The minimum atomic E-state index is -0.211. The van der Waals surface area contributed by atoms with E-state index in [2.05, 4.69) is 15.9 Å². The topological polar surface area (TPSA) is 26.0 Å². The lowest BCUT2D eigenvalue weighted by molar-refractivity contribution is 0.625. The summed E-state index contributed by atoms with van der Waals surface area (Å²) >= 11 is 5.11. The van der Waals surface area contributed by atoms with Gasteiger partial charge in [-0.2, -0.15) is 0 Å². The molecule has 1 nitrogen and oxygen atoms in total. The van der Waals surface area contributed by atoms with Crippen LogP contribution in [0.3, 0.4) is 0 Å². The lowest BCUT2D eigenvalue weighted by Crippen LogP contribution is -2.01. The van der Waals surface area contributed by atoms with E-state index in [1.165, 1.54) is 6.07 Å². The highest BCUT2D eigenvalue weighted by molar-refractivity contribution is 9.10. The molecule has 0 atom stereocenters. The second kappa shape index (κ2) is 6.36. The average molecular weight is 326 g/mol. The van der Waals surface area contributed by atoms with Crippen molar-refractivity contribution in [2.75, 3.05) is 0 Å². The summed E-state index contributed by atoms with van der Waals surface area (Å²) in [6, 6.07) is 12.8. The number of halogens is 2. The molecule has 0 bridgehead atoms. The number of hydrogen-bond acceptors (Lipinski definition) is 2. The van der Waals surface area contributed by atoms with Crippen molar-refractivity contribution >= 4 is 27.7 Å². The van der Waals surface area contributed by atoms with Crippen molar-refractivity contribution < 1.29 is 4.39 Å². The Morgan fingerprint density at radius 1 is 1.11 bits per heavy atom. The van der Waals surface area contributed by atoms with E-state index in [-0.39, 0.29) is 5.82 Å². The molecule has 2 N–H and O–H groups in total. The first-order valence-corrected chi connectivity index (χ1v) is 7.32. The molecule has 0 heterocycles. The molecule has 0 unspecified atom stereocenters. The fraction of sp³-hybridized carbons (Fsp3) is 0.143. The summed E-state index contributed by atoms with van der Waals surface area (Å²) in [6.07, 6.45) is 0. The standard InChI is InChI=1S/C14H13BrFNS/c15-12-2-1-3-14(7-12)18-9-11-6-13(16)5-4-10(11)8-17/h1-7H,8-9,17H2. The van der Waals surface area contributed by atoms with E-state index in [0.717, 1.165) is 26.2 Å². The van der Waals surface area contributed by atoms with Crippen molar-refractivity contribution in [2.45, 2.75) is 17.2 Å². The van der Waals surface area contributed by atoms with Gasteiger partial charge in [0.1, 0.15) is 5.82 Å². The zero-order valence-corrected chi connectivity index (χ0v) is 12.1. The fourth-order valence-electron chi connectivity index (χ4n) is 1.65. The van der Waals surface area contributed by atoms with E-state index in [4.69, 9.17) is 5.73 Å². The average Bonchev–Trinajstić information content (AvgIpc) is 2.37. The molecular weight excluding hydrogens is 313 g/mol. The number of thioether (sulfide) groups is 1. The lowest BCUT2D eigenvalue weighted by atomic mass is 10.1. The molecule has 4 heteroatoms. The normalized spacial score (nSPS) is 10.6. The quantitative estimate of drug-likeness (QED) is 0.846. The van der Waals surface area contributed by atoms with Crippen LogP contribution in [0.15, 0.2) is 51.8 Å². The van der Waals surface area contributed by atoms with Crippen LogP contribution in [0.4, 0.5) is 4.39 Å². The van der Waals surface area contributed by atoms with Gasteiger partial charge in [-0.15, -0.1) is 11.8 Å². The van der Waals surface area contributed by atoms with E-state index in [1.54, 1.807) is 23.9 Å². The third-order valence-electron chi connectivity index (χ3n) is 2.58. The van der Waals surface area contributed by atoms with Gasteiger partial charge in [-0.05, 0) is 41.5 Å². The maximum atomic E-state index is 13.2. The second-order valence-corrected chi connectivity index (χ2v) is 5.83. The highest BCUT2D eigenvalue weighted by Gasteiger charge is 2.04. The molecule has 0 saturated carbocycles. The van der Waals surface area contributed by atoms with Gasteiger partial charge in [0, 0.05) is 21.7 Å². The van der Waals surface area contributed by atoms with Gasteiger partial charge in [-0.1, -0.05) is 28.1 Å². The Balaban J connectivity index is 2.12. The van der Waals surface area contributed by atoms with Gasteiger partial charge in [0.05, 0.1) is 0 Å². The van der Waals surface area contributed by atoms with Crippen LogP contribution in [-0.2, 0) is 12.3 Å². The Morgan fingerprint density at radius 2 is 1.94 bits per heavy atom. The first-order valence-electron chi connectivity index (χ1n) is 5.55. The van der Waals surface area contributed by atoms with Crippen molar-refractivity contribution in [3.05, 3.63) is 63.9 Å². The Kier molecular flexibility index (Phi) is 4.80. The fourth-order valence-corrected chi connectivity index (χ4v) is 3.17. The molecular formula is C14H13BrFNS. The van der Waals surface area contributed by atoms with Crippen LogP contribution in [0, 0.1) is 5.82 Å². The van der Waals surface area contributed by atoms with Crippen molar-refractivity contribution in [1.29, 1.82) is 0 Å². The Bertz CT molecular complexity index is 545. The predicted octanol–water partition coefficient (Wildman–Crippen LogP) is 4.34. The molecule has 0 spiro atoms. The number of hydrogen-bond donors (Lipinski definition) is 1. The van der Waals surface area contributed by atoms with Crippen LogP contribution >= 0.6 is 27.7 Å². The largest absolute Gasteiger partial charge is 0.326 e. The minimum absolute atomic E-state index is 0.211. The summed E-state index contributed by atoms with van der Waals surface area (Å²) in [7, 11) is 0. The molecule has 0 aliphatic heterocycles. The smallest absolute Gasteiger partial charge is 0.123 e. The van der Waals surface area contributed by atoms with Gasteiger partial charge in [0.2, 0.25) is 0 Å². The van der Waals surface area contributed by atoms with Crippen LogP contribution in [-0.4, -0.2) is 0 Å². The number of benzene rings is 2. The minimum Gasteiger partial charge on any atom is -0.326 e. The van der Waals surface area contributed by atoms with Crippen LogP contribution in [0.1, 0.15) is 11.1 Å². The van der Waals surface area contributed by atoms with Gasteiger partial charge >= 0.3 is 0 Å². The van der Waals surface area contributed by atoms with Crippen LogP contribution in [0.2, 0.25) is 0 Å². The maximum absolute atomic E-state index is 13.2. The molecule has 0 amide bonds. The molecule has 0 radical (unpaired) electrons. The SMILES string of the molecule is NCc1ccc(F)cc1CSc1cccc(Br)c1. The third-order valence-corrected chi connectivity index (χ3v) is 4.11. The molecule has 18 heavy (non-hydrogen) atoms. The molecule has 2 rings (SSSR count). The third kappa shape index (κ3) is 3.57. The van der Waals surface area contributed by atoms with E-state index in [1.807, 2.05) is 24.3 Å². The predicted molar refractivity (Wildman–Crippen MR) is 78.0 cm³/mol. The highest BCUT2D eigenvalue weighted by atomic mass is 79.9. The van der Waals surface area contributed by atoms with Crippen LogP contribution < -0.4 is 5.73 Å². The number of nitrogens with two attached hydrogens (primary N) is 1. The summed E-state index contributed by atoms with van der Waals surface area (Å²) < 4.78 is 14.3. The van der Waals surface area contributed by atoms with Gasteiger partial charge in [0.15, 0.2) is 0 Å². The number of rotatable bonds is 4. The summed E-state index contributed by atoms with van der Waals surface area (Å²) in [5.41, 5.74) is 7.61. The molecule has 0 aromatic heterocycles. The molecule has 2 aromatic rings. The molecule has 2 aromatic carbocycles. The first-order chi connectivity index (χ1) is 8.69. The summed E-state index contributed by atoms with van der Waals surface area (Å²) in [6.45, 7) is 0.439. The van der Waals surface area contributed by atoms with E-state index in [0.29, 0.717) is 6.54 Å². The summed E-state index contributed by atoms with van der Waals surface area (Å²) in [4.78, 5) is 1.15. The highest BCUT2D eigenvalue weighted by Crippen LogP contribution is 2.27.